The molecule has 1 N–H and O–H groups in total. The van der Waals surface area contributed by atoms with E-state index in [4.69, 9.17) is 0 Å². The zero-order valence-electron chi connectivity index (χ0n) is 15.0. The summed E-state index contributed by atoms with van der Waals surface area (Å²) in [6.45, 7) is 2.64. The van der Waals surface area contributed by atoms with E-state index in [-0.39, 0.29) is 11.8 Å². The quantitative estimate of drug-likeness (QED) is 0.814. The molecule has 0 aliphatic carbocycles. The minimum atomic E-state index is -2.84. The van der Waals surface area contributed by atoms with Gasteiger partial charge in [-0.3, -0.25) is 0 Å². The van der Waals surface area contributed by atoms with E-state index >= 15 is 0 Å². The first-order valence-corrected chi connectivity index (χ1v) is 8.88. The molecule has 1 unspecified atom stereocenters. The lowest BCUT2D eigenvalue weighted by Crippen LogP contribution is -2.27. The number of hydrogen-bond donors (Lipinski definition) is 1. The number of anilines is 2. The monoisotopic (exact) mass is 363 g/mol. The van der Waals surface area contributed by atoms with Crippen molar-refractivity contribution in [2.45, 2.75) is 45.8 Å². The van der Waals surface area contributed by atoms with Crippen LogP contribution < -0.4 is 15.0 Å². The topological polar surface area (TPSA) is 63.2 Å². The molecule has 8 heteroatoms. The van der Waals surface area contributed by atoms with Crippen LogP contribution in [0.4, 0.5) is 20.4 Å². The van der Waals surface area contributed by atoms with Gasteiger partial charge in [-0.2, -0.15) is 13.9 Å². The molecule has 26 heavy (non-hydrogen) atoms. The van der Waals surface area contributed by atoms with Crippen LogP contribution in [0.2, 0.25) is 0 Å². The van der Waals surface area contributed by atoms with Crippen molar-refractivity contribution in [2.24, 2.45) is 0 Å². The van der Waals surface area contributed by atoms with E-state index in [9.17, 15) is 8.78 Å². The van der Waals surface area contributed by atoms with Gasteiger partial charge in [0.15, 0.2) is 0 Å². The normalized spacial score (nSPS) is 17.0. The van der Waals surface area contributed by atoms with Gasteiger partial charge < -0.3 is 15.0 Å². The lowest BCUT2D eigenvalue weighted by atomic mass is 10.2. The highest BCUT2D eigenvalue weighted by molar-refractivity contribution is 5.59. The van der Waals surface area contributed by atoms with E-state index < -0.39 is 6.61 Å². The third-order valence-corrected chi connectivity index (χ3v) is 4.45. The molecule has 1 fully saturated rings. The molecule has 0 radical (unpaired) electrons. The van der Waals surface area contributed by atoms with Crippen LogP contribution in [0, 0.1) is 0 Å². The Labute approximate surface area is 151 Å². The minimum absolute atomic E-state index is 0.119. The number of benzene rings is 1. The molecule has 1 aromatic carbocycles. The summed E-state index contributed by atoms with van der Waals surface area (Å²) in [6.07, 6.45) is 2.47. The van der Waals surface area contributed by atoms with Crippen LogP contribution in [0.5, 0.6) is 5.75 Å². The first-order chi connectivity index (χ1) is 12.6. The highest BCUT2D eigenvalue weighted by atomic mass is 19.3. The van der Waals surface area contributed by atoms with Crippen molar-refractivity contribution in [3.05, 3.63) is 35.7 Å². The highest BCUT2D eigenvalue weighted by Gasteiger charge is 2.26. The molecule has 0 saturated carbocycles. The molecular formula is C18H23F2N5O. The Morgan fingerprint density at radius 3 is 2.69 bits per heavy atom. The summed E-state index contributed by atoms with van der Waals surface area (Å²) in [5.74, 6) is 0.713. The van der Waals surface area contributed by atoms with E-state index in [0.29, 0.717) is 18.2 Å². The Morgan fingerprint density at radius 1 is 1.19 bits per heavy atom. The molecule has 0 amide bonds. The Hall–Kier alpha value is -2.51. The number of hydrogen-bond acceptors (Lipinski definition) is 6. The average molecular weight is 363 g/mol. The summed E-state index contributed by atoms with van der Waals surface area (Å²) < 4.78 is 29.9. The largest absolute Gasteiger partial charge is 0.433 e. The van der Waals surface area contributed by atoms with Crippen molar-refractivity contribution in [3.63, 3.8) is 0 Å². The van der Waals surface area contributed by atoms with E-state index in [1.165, 1.54) is 0 Å². The van der Waals surface area contributed by atoms with Gasteiger partial charge in [0.05, 0.1) is 17.1 Å². The Balaban J connectivity index is 1.68. The third-order valence-electron chi connectivity index (χ3n) is 4.45. The summed E-state index contributed by atoms with van der Waals surface area (Å²) in [6, 6.07) is 6.98. The molecular weight excluding hydrogens is 340 g/mol. The fraction of sp³-hybridized carbons (Fsp3) is 0.500. The van der Waals surface area contributed by atoms with E-state index in [1.807, 2.05) is 24.8 Å². The Kier molecular flexibility index (Phi) is 5.80. The zero-order valence-corrected chi connectivity index (χ0v) is 15.0. The number of halogens is 2. The first-order valence-electron chi connectivity index (χ1n) is 8.88. The second kappa shape index (κ2) is 8.25. The molecule has 1 aromatic heterocycles. The smallest absolute Gasteiger partial charge is 0.387 e. The molecule has 140 valence electrons. The Bertz CT molecular complexity index is 743. The maximum atomic E-state index is 12.6. The molecule has 2 heterocycles. The van der Waals surface area contributed by atoms with Crippen molar-refractivity contribution in [1.82, 2.24) is 15.2 Å². The molecule has 0 spiro atoms. The van der Waals surface area contributed by atoms with Crippen LogP contribution in [0.3, 0.4) is 0 Å². The van der Waals surface area contributed by atoms with E-state index in [0.717, 1.165) is 37.2 Å². The summed E-state index contributed by atoms with van der Waals surface area (Å²) >= 11 is 0. The minimum Gasteiger partial charge on any atom is -0.433 e. The van der Waals surface area contributed by atoms with Crippen LogP contribution >= 0.6 is 0 Å². The molecule has 0 bridgehead atoms. The number of nitrogens with zero attached hydrogens (tertiary/aromatic N) is 4. The van der Waals surface area contributed by atoms with Crippen molar-refractivity contribution < 1.29 is 13.5 Å². The maximum Gasteiger partial charge on any atom is 0.387 e. The molecule has 1 saturated heterocycles. The molecule has 2 aromatic rings. The van der Waals surface area contributed by atoms with E-state index in [2.05, 4.69) is 25.2 Å². The van der Waals surface area contributed by atoms with Crippen LogP contribution in [0.25, 0.3) is 0 Å². The second-order valence-corrected chi connectivity index (χ2v) is 6.16. The predicted molar refractivity (Wildman–Crippen MR) is 95.9 cm³/mol. The summed E-state index contributed by atoms with van der Waals surface area (Å²) in [5, 5.41) is 11.7. The number of para-hydroxylation sites is 2. The van der Waals surface area contributed by atoms with Gasteiger partial charge in [-0.05, 0) is 31.4 Å². The fourth-order valence-electron chi connectivity index (χ4n) is 3.19. The lowest BCUT2D eigenvalue weighted by molar-refractivity contribution is -0.0495. The average Bonchev–Trinajstić information content (AvgIpc) is 3.09. The maximum absolute atomic E-state index is 12.6. The van der Waals surface area contributed by atoms with Crippen LogP contribution in [0.1, 0.15) is 31.7 Å². The number of ether oxygens (including phenoxy) is 1. The number of nitrogens with one attached hydrogen (secondary N) is 1. The first kappa shape index (κ1) is 18.3. The predicted octanol–water partition coefficient (Wildman–Crippen LogP) is 3.29. The summed E-state index contributed by atoms with van der Waals surface area (Å²) in [4.78, 5) is 6.58. The summed E-state index contributed by atoms with van der Waals surface area (Å²) in [7, 11) is 0. The second-order valence-electron chi connectivity index (χ2n) is 6.16. The number of alkyl halides is 2. The van der Waals surface area contributed by atoms with Crippen molar-refractivity contribution in [3.8, 4) is 5.75 Å². The zero-order chi connectivity index (χ0) is 18.5. The van der Waals surface area contributed by atoms with Crippen LogP contribution in [-0.2, 0) is 12.8 Å². The van der Waals surface area contributed by atoms with Gasteiger partial charge in [0.25, 0.3) is 0 Å². The standard InChI is InChI=1S/C18H23F2N5O/c1-3-13-14(4-2)23-24-18(22-13)21-12-9-10-25(11-12)15-7-5-6-8-16(15)26-17(19)20/h5-8,12,17H,3-4,9-11H2,1-2H3,(H,21,22,24). The third kappa shape index (κ3) is 4.17. The fourth-order valence-corrected chi connectivity index (χ4v) is 3.19. The van der Waals surface area contributed by atoms with Gasteiger partial charge >= 0.3 is 6.61 Å². The molecule has 1 aliphatic rings. The Morgan fingerprint density at radius 2 is 1.96 bits per heavy atom. The van der Waals surface area contributed by atoms with Crippen molar-refractivity contribution >= 4 is 11.6 Å². The van der Waals surface area contributed by atoms with Gasteiger partial charge in [0.1, 0.15) is 5.75 Å². The molecule has 3 rings (SSSR count). The van der Waals surface area contributed by atoms with Crippen molar-refractivity contribution in [1.29, 1.82) is 0 Å². The van der Waals surface area contributed by atoms with Gasteiger partial charge in [-0.15, -0.1) is 5.10 Å². The van der Waals surface area contributed by atoms with E-state index in [1.54, 1.807) is 18.2 Å². The number of aromatic nitrogens is 3. The van der Waals surface area contributed by atoms with Gasteiger partial charge in [-0.1, -0.05) is 26.0 Å². The highest BCUT2D eigenvalue weighted by Crippen LogP contribution is 2.32. The molecule has 6 nitrogen and oxygen atoms in total. The summed E-state index contributed by atoms with van der Waals surface area (Å²) in [5.41, 5.74) is 2.55. The van der Waals surface area contributed by atoms with Gasteiger partial charge in [-0.25, -0.2) is 4.98 Å². The van der Waals surface area contributed by atoms with Crippen molar-refractivity contribution in [2.75, 3.05) is 23.3 Å². The van der Waals surface area contributed by atoms with Crippen LogP contribution in [0.15, 0.2) is 24.3 Å². The van der Waals surface area contributed by atoms with Crippen LogP contribution in [-0.4, -0.2) is 40.9 Å². The molecule has 1 atom stereocenters. The van der Waals surface area contributed by atoms with Gasteiger partial charge in [0.2, 0.25) is 5.95 Å². The van der Waals surface area contributed by atoms with Gasteiger partial charge in [0, 0.05) is 19.1 Å². The molecule has 1 aliphatic heterocycles. The lowest BCUT2D eigenvalue weighted by Gasteiger charge is -2.22. The SMILES string of the molecule is CCc1nnc(NC2CCN(c3ccccc3OC(F)F)C2)nc1CC. The number of aryl methyl sites for hydroxylation is 2. The number of rotatable bonds is 7.